The minimum Gasteiger partial charge on any atom is -0.460 e. The number of amides is 1. The molecule has 0 aliphatic carbocycles. The van der Waals surface area contributed by atoms with Crippen molar-refractivity contribution in [3.05, 3.63) is 41.1 Å². The number of ether oxygens (including phenoxy) is 2. The molecule has 1 aromatic rings. The third-order valence-electron chi connectivity index (χ3n) is 4.69. The summed E-state index contributed by atoms with van der Waals surface area (Å²) in [5.74, 6) is -0.490. The number of nitrogens with one attached hydrogen (secondary N) is 2. The van der Waals surface area contributed by atoms with Crippen molar-refractivity contribution in [2.75, 3.05) is 32.7 Å². The van der Waals surface area contributed by atoms with Crippen molar-refractivity contribution in [2.24, 2.45) is 5.41 Å². The molecule has 1 aliphatic heterocycles. The van der Waals surface area contributed by atoms with Gasteiger partial charge in [-0.05, 0) is 42.3 Å². The SMILES string of the molecule is COCCOC(=O)C1=C(C)N(C)C(=S)NC1c1cccc(NC(=O)CC(C)(C)C)c1. The molecule has 30 heavy (non-hydrogen) atoms. The summed E-state index contributed by atoms with van der Waals surface area (Å²) in [5.41, 5.74) is 2.55. The number of nitrogens with zero attached hydrogens (tertiary/aromatic N) is 1. The number of rotatable bonds is 7. The lowest BCUT2D eigenvalue weighted by molar-refractivity contribution is -0.140. The highest BCUT2D eigenvalue weighted by molar-refractivity contribution is 7.80. The molecule has 1 aliphatic rings. The molecule has 0 saturated carbocycles. The number of thiocarbonyl (C=S) groups is 1. The minimum absolute atomic E-state index is 0.0579. The molecule has 0 fully saturated rings. The Morgan fingerprint density at radius 1 is 1.27 bits per heavy atom. The van der Waals surface area contributed by atoms with E-state index < -0.39 is 12.0 Å². The molecule has 1 heterocycles. The Hall–Kier alpha value is -2.45. The molecule has 164 valence electrons. The molecule has 2 rings (SSSR count). The number of hydrogen-bond donors (Lipinski definition) is 2. The van der Waals surface area contributed by atoms with Gasteiger partial charge in [0.1, 0.15) is 6.61 Å². The van der Waals surface area contributed by atoms with Crippen LogP contribution in [0.5, 0.6) is 0 Å². The Morgan fingerprint density at radius 3 is 2.60 bits per heavy atom. The summed E-state index contributed by atoms with van der Waals surface area (Å²) in [6, 6.07) is 6.92. The second-order valence-electron chi connectivity index (χ2n) is 8.48. The molecular formula is C22H31N3O4S. The third-order valence-corrected chi connectivity index (χ3v) is 5.08. The van der Waals surface area contributed by atoms with Gasteiger partial charge in [-0.3, -0.25) is 4.79 Å². The Morgan fingerprint density at radius 2 is 1.97 bits per heavy atom. The molecule has 2 N–H and O–H groups in total. The fraction of sp³-hybridized carbons (Fsp3) is 0.500. The molecule has 1 amide bonds. The van der Waals surface area contributed by atoms with E-state index in [1.54, 1.807) is 19.1 Å². The summed E-state index contributed by atoms with van der Waals surface area (Å²) in [6.45, 7) is 8.36. The highest BCUT2D eigenvalue weighted by Gasteiger charge is 2.33. The van der Waals surface area contributed by atoms with Gasteiger partial charge < -0.3 is 25.0 Å². The number of carbonyl (C=O) groups excluding carboxylic acids is 2. The molecule has 1 unspecified atom stereocenters. The maximum atomic E-state index is 12.8. The van der Waals surface area contributed by atoms with Crippen LogP contribution in [0.3, 0.4) is 0 Å². The summed E-state index contributed by atoms with van der Waals surface area (Å²) < 4.78 is 10.3. The number of methoxy groups -OCH3 is 1. The Bertz CT molecular complexity index is 845. The summed E-state index contributed by atoms with van der Waals surface area (Å²) >= 11 is 5.43. The van der Waals surface area contributed by atoms with Gasteiger partial charge >= 0.3 is 5.97 Å². The monoisotopic (exact) mass is 433 g/mol. The van der Waals surface area contributed by atoms with E-state index in [2.05, 4.69) is 10.6 Å². The van der Waals surface area contributed by atoms with E-state index in [1.807, 2.05) is 52.0 Å². The first-order valence-corrected chi connectivity index (χ1v) is 10.2. The van der Waals surface area contributed by atoms with Gasteiger partial charge in [0.15, 0.2) is 5.11 Å². The normalized spacial score (nSPS) is 16.9. The number of allylic oxidation sites excluding steroid dienone is 1. The number of carbonyl (C=O) groups is 2. The molecule has 0 spiro atoms. The Labute approximate surface area is 183 Å². The van der Waals surface area contributed by atoms with Gasteiger partial charge in [0.2, 0.25) is 5.91 Å². The van der Waals surface area contributed by atoms with Crippen molar-refractivity contribution in [3.8, 4) is 0 Å². The van der Waals surface area contributed by atoms with Gasteiger partial charge in [0, 0.05) is 32.0 Å². The van der Waals surface area contributed by atoms with Crippen molar-refractivity contribution in [3.63, 3.8) is 0 Å². The lowest BCUT2D eigenvalue weighted by atomic mass is 9.92. The fourth-order valence-electron chi connectivity index (χ4n) is 3.13. The Kier molecular flexibility index (Phi) is 7.97. The molecule has 8 heteroatoms. The zero-order valence-electron chi connectivity index (χ0n) is 18.5. The number of benzene rings is 1. The molecule has 0 radical (unpaired) electrons. The smallest absolute Gasteiger partial charge is 0.338 e. The van der Waals surface area contributed by atoms with Crippen LogP contribution in [-0.2, 0) is 19.1 Å². The Balaban J connectivity index is 2.31. The average Bonchev–Trinajstić information content (AvgIpc) is 2.64. The standard InChI is InChI=1S/C22H31N3O4S/c1-14-18(20(27)29-11-10-28-6)19(24-21(30)25(14)5)15-8-7-9-16(12-15)23-17(26)13-22(2,3)4/h7-9,12,19H,10-11,13H2,1-6H3,(H,23,26)(H,24,30). The lowest BCUT2D eigenvalue weighted by Gasteiger charge is -2.35. The van der Waals surface area contributed by atoms with E-state index >= 15 is 0 Å². The van der Waals surface area contributed by atoms with Crippen molar-refractivity contribution in [1.29, 1.82) is 0 Å². The molecule has 1 aromatic carbocycles. The molecule has 0 bridgehead atoms. The molecule has 0 saturated heterocycles. The predicted molar refractivity (Wildman–Crippen MR) is 121 cm³/mol. The van der Waals surface area contributed by atoms with Crippen LogP contribution in [0.4, 0.5) is 5.69 Å². The minimum atomic E-state index is -0.483. The van der Waals surface area contributed by atoms with Crippen LogP contribution in [0.25, 0.3) is 0 Å². The van der Waals surface area contributed by atoms with E-state index in [4.69, 9.17) is 21.7 Å². The van der Waals surface area contributed by atoms with Gasteiger partial charge in [-0.1, -0.05) is 32.9 Å². The fourth-order valence-corrected chi connectivity index (χ4v) is 3.38. The zero-order chi connectivity index (χ0) is 22.5. The van der Waals surface area contributed by atoms with Gasteiger partial charge in [0.05, 0.1) is 18.2 Å². The quantitative estimate of drug-likeness (QED) is 0.388. The number of hydrogen-bond acceptors (Lipinski definition) is 5. The van der Waals surface area contributed by atoms with Crippen molar-refractivity contribution < 1.29 is 19.1 Å². The largest absolute Gasteiger partial charge is 0.460 e. The van der Waals surface area contributed by atoms with E-state index in [-0.39, 0.29) is 17.9 Å². The van der Waals surface area contributed by atoms with Gasteiger partial charge in [-0.25, -0.2) is 4.79 Å². The second-order valence-corrected chi connectivity index (χ2v) is 8.87. The van der Waals surface area contributed by atoms with Crippen molar-refractivity contribution >= 4 is 34.9 Å². The van der Waals surface area contributed by atoms with Crippen molar-refractivity contribution in [1.82, 2.24) is 10.2 Å². The third kappa shape index (κ3) is 6.27. The first-order chi connectivity index (χ1) is 14.0. The number of esters is 1. The first kappa shape index (κ1) is 23.8. The maximum Gasteiger partial charge on any atom is 0.338 e. The highest BCUT2D eigenvalue weighted by Crippen LogP contribution is 2.32. The van der Waals surface area contributed by atoms with E-state index in [9.17, 15) is 9.59 Å². The predicted octanol–water partition coefficient (Wildman–Crippen LogP) is 3.39. The van der Waals surface area contributed by atoms with Crippen LogP contribution < -0.4 is 10.6 Å². The van der Waals surface area contributed by atoms with E-state index in [1.165, 1.54) is 0 Å². The van der Waals surface area contributed by atoms with Crippen LogP contribution in [-0.4, -0.2) is 49.3 Å². The summed E-state index contributed by atoms with van der Waals surface area (Å²) in [7, 11) is 3.35. The van der Waals surface area contributed by atoms with Crippen LogP contribution in [0.15, 0.2) is 35.5 Å². The molecule has 7 nitrogen and oxygen atoms in total. The highest BCUT2D eigenvalue weighted by atomic mass is 32.1. The van der Waals surface area contributed by atoms with Gasteiger partial charge in [-0.15, -0.1) is 0 Å². The molecular weight excluding hydrogens is 402 g/mol. The maximum absolute atomic E-state index is 12.8. The van der Waals surface area contributed by atoms with Crippen LogP contribution >= 0.6 is 12.2 Å². The van der Waals surface area contributed by atoms with Crippen molar-refractivity contribution in [2.45, 2.75) is 40.2 Å². The van der Waals surface area contributed by atoms with Crippen LogP contribution in [0.1, 0.15) is 45.7 Å². The zero-order valence-corrected chi connectivity index (χ0v) is 19.3. The van der Waals surface area contributed by atoms with Gasteiger partial charge in [-0.2, -0.15) is 0 Å². The van der Waals surface area contributed by atoms with Crippen LogP contribution in [0, 0.1) is 5.41 Å². The summed E-state index contributed by atoms with van der Waals surface area (Å²) in [4.78, 5) is 26.9. The van der Waals surface area contributed by atoms with Crippen LogP contribution in [0.2, 0.25) is 0 Å². The summed E-state index contributed by atoms with van der Waals surface area (Å²) in [6.07, 6.45) is 0.407. The second kappa shape index (κ2) is 10.0. The molecule has 0 aromatic heterocycles. The number of anilines is 1. The molecule has 1 atom stereocenters. The topological polar surface area (TPSA) is 79.9 Å². The van der Waals surface area contributed by atoms with E-state index in [0.717, 1.165) is 5.56 Å². The first-order valence-electron chi connectivity index (χ1n) is 9.84. The lowest BCUT2D eigenvalue weighted by Crippen LogP contribution is -2.46. The summed E-state index contributed by atoms with van der Waals surface area (Å²) in [5, 5.41) is 6.65. The average molecular weight is 434 g/mol. The van der Waals surface area contributed by atoms with Gasteiger partial charge in [0.25, 0.3) is 0 Å². The van der Waals surface area contributed by atoms with E-state index in [0.29, 0.717) is 35.1 Å².